The number of piperazine rings is 1. The molecule has 3 aliphatic rings. The molecule has 36 heavy (non-hydrogen) atoms. The van der Waals surface area contributed by atoms with Crippen LogP contribution >= 0.6 is 0 Å². The minimum atomic E-state index is -1.06. The highest BCUT2D eigenvalue weighted by molar-refractivity contribution is 6.01. The Morgan fingerprint density at radius 1 is 1.06 bits per heavy atom. The zero-order valence-electron chi connectivity index (χ0n) is 21.3. The van der Waals surface area contributed by atoms with Crippen molar-refractivity contribution in [3.05, 3.63) is 53.3 Å². The van der Waals surface area contributed by atoms with E-state index in [1.165, 1.54) is 16.9 Å². The molecule has 192 valence electrons. The summed E-state index contributed by atoms with van der Waals surface area (Å²) in [5, 5.41) is 7.67. The van der Waals surface area contributed by atoms with Crippen LogP contribution in [-0.4, -0.2) is 87.0 Å². The van der Waals surface area contributed by atoms with E-state index in [-0.39, 0.29) is 36.0 Å². The molecule has 2 aromatic rings. The topological polar surface area (TPSA) is 90.8 Å². The second kappa shape index (κ2) is 10.0. The number of aromatic nitrogens is 2. The molecule has 5 rings (SSSR count). The zero-order chi connectivity index (χ0) is 25.3. The fourth-order valence-electron chi connectivity index (χ4n) is 5.53. The molecule has 0 spiro atoms. The van der Waals surface area contributed by atoms with Gasteiger partial charge in [-0.15, -0.1) is 0 Å². The van der Waals surface area contributed by atoms with Gasteiger partial charge in [0.1, 0.15) is 11.2 Å². The number of carbonyl (C=O) groups excluding carboxylic acids is 3. The van der Waals surface area contributed by atoms with E-state index in [1.807, 2.05) is 18.2 Å². The van der Waals surface area contributed by atoms with E-state index in [1.54, 1.807) is 29.6 Å². The normalized spacial score (nSPS) is 23.4. The summed E-state index contributed by atoms with van der Waals surface area (Å²) < 4.78 is 1.54. The quantitative estimate of drug-likeness (QED) is 0.691. The standard InChI is InChI=1S/C27H36N6O3/c1-27(26(36)28-21-11-7-4-8-12-21)19-33-23(25(35)30(27)2)17-22(29-33)24(34)32-15-13-31(14-16-32)18-20-9-5-3-6-10-20/h3,5-6,9-10,17,21H,4,7-8,11-16,18-19H2,1-2H3,(H,28,36)/t27-/m1/s1. The van der Waals surface area contributed by atoms with E-state index in [0.29, 0.717) is 18.8 Å². The molecule has 9 heteroatoms. The maximum atomic E-state index is 13.3. The molecular formula is C27H36N6O3. The van der Waals surface area contributed by atoms with Gasteiger partial charge in [0.05, 0.1) is 6.54 Å². The van der Waals surface area contributed by atoms with Crippen molar-refractivity contribution in [2.24, 2.45) is 0 Å². The van der Waals surface area contributed by atoms with Gasteiger partial charge in [-0.25, -0.2) is 0 Å². The van der Waals surface area contributed by atoms with E-state index in [0.717, 1.165) is 45.3 Å². The molecule has 1 aromatic carbocycles. The second-order valence-electron chi connectivity index (χ2n) is 10.6. The lowest BCUT2D eigenvalue weighted by Gasteiger charge is -2.41. The summed E-state index contributed by atoms with van der Waals surface area (Å²) in [5.41, 5.74) is 0.820. The maximum absolute atomic E-state index is 13.3. The first-order chi connectivity index (χ1) is 17.3. The van der Waals surface area contributed by atoms with Crippen LogP contribution < -0.4 is 5.32 Å². The van der Waals surface area contributed by atoms with Gasteiger partial charge in [-0.1, -0.05) is 49.6 Å². The number of benzene rings is 1. The van der Waals surface area contributed by atoms with Gasteiger partial charge in [-0.3, -0.25) is 24.0 Å². The lowest BCUT2D eigenvalue weighted by molar-refractivity contribution is -0.133. The third-order valence-electron chi connectivity index (χ3n) is 8.06. The largest absolute Gasteiger partial charge is 0.351 e. The van der Waals surface area contributed by atoms with Gasteiger partial charge in [-0.2, -0.15) is 5.10 Å². The number of rotatable bonds is 5. The van der Waals surface area contributed by atoms with Gasteiger partial charge in [0.15, 0.2) is 5.69 Å². The average molecular weight is 493 g/mol. The van der Waals surface area contributed by atoms with Crippen LogP contribution in [0.15, 0.2) is 36.4 Å². The predicted octanol–water partition coefficient (Wildman–Crippen LogP) is 2.13. The molecular weight excluding hydrogens is 456 g/mol. The molecule has 0 radical (unpaired) electrons. The number of hydrogen-bond acceptors (Lipinski definition) is 5. The third kappa shape index (κ3) is 4.76. The Bertz CT molecular complexity index is 1120. The van der Waals surface area contributed by atoms with Gasteiger partial charge in [0, 0.05) is 51.9 Å². The van der Waals surface area contributed by atoms with Crippen LogP contribution in [0.2, 0.25) is 0 Å². The van der Waals surface area contributed by atoms with Crippen LogP contribution in [0.3, 0.4) is 0 Å². The Balaban J connectivity index is 1.24. The molecule has 3 amide bonds. The van der Waals surface area contributed by atoms with Gasteiger partial charge >= 0.3 is 0 Å². The predicted molar refractivity (Wildman–Crippen MR) is 135 cm³/mol. The van der Waals surface area contributed by atoms with Crippen LogP contribution in [0.25, 0.3) is 0 Å². The smallest absolute Gasteiger partial charge is 0.274 e. The lowest BCUT2D eigenvalue weighted by atomic mass is 9.92. The van der Waals surface area contributed by atoms with Crippen LogP contribution in [0.4, 0.5) is 0 Å². The highest BCUT2D eigenvalue weighted by Gasteiger charge is 2.47. The summed E-state index contributed by atoms with van der Waals surface area (Å²) in [6.45, 7) is 5.67. The Labute approximate surface area is 212 Å². The number of fused-ring (bicyclic) bond motifs is 1. The minimum absolute atomic E-state index is 0.156. The summed E-state index contributed by atoms with van der Waals surface area (Å²) in [6.07, 6.45) is 5.39. The monoisotopic (exact) mass is 492 g/mol. The number of nitrogens with one attached hydrogen (secondary N) is 1. The van der Waals surface area contributed by atoms with Gasteiger partial charge < -0.3 is 15.1 Å². The maximum Gasteiger partial charge on any atom is 0.274 e. The first-order valence-electron chi connectivity index (χ1n) is 13.1. The number of carbonyl (C=O) groups is 3. The van der Waals surface area contributed by atoms with E-state index < -0.39 is 5.54 Å². The van der Waals surface area contributed by atoms with Gasteiger partial charge in [0.25, 0.3) is 11.8 Å². The molecule has 1 N–H and O–H groups in total. The van der Waals surface area contributed by atoms with Crippen molar-refractivity contribution in [1.82, 2.24) is 29.8 Å². The van der Waals surface area contributed by atoms with Crippen LogP contribution in [0.5, 0.6) is 0 Å². The first-order valence-corrected chi connectivity index (χ1v) is 13.1. The Kier molecular flexibility index (Phi) is 6.83. The molecule has 2 fully saturated rings. The summed E-state index contributed by atoms with van der Waals surface area (Å²) >= 11 is 0. The third-order valence-corrected chi connectivity index (χ3v) is 8.06. The molecule has 1 saturated carbocycles. The lowest BCUT2D eigenvalue weighted by Crippen LogP contribution is -2.63. The SMILES string of the molecule is CN1C(=O)c2cc(C(=O)N3CCN(Cc4ccccc4)CC3)nn2C[C@]1(C)C(=O)NC1CCCCC1. The molecule has 1 aromatic heterocycles. The highest BCUT2D eigenvalue weighted by Crippen LogP contribution is 2.27. The number of likely N-dealkylation sites (N-methyl/N-ethyl adjacent to an activating group) is 1. The van der Waals surface area contributed by atoms with E-state index >= 15 is 0 Å². The molecule has 3 heterocycles. The van der Waals surface area contributed by atoms with Gasteiger partial charge in [0.2, 0.25) is 5.91 Å². The van der Waals surface area contributed by atoms with Gasteiger partial charge in [-0.05, 0) is 25.3 Å². The molecule has 2 aliphatic heterocycles. The van der Waals surface area contributed by atoms with E-state index in [2.05, 4.69) is 27.4 Å². The van der Waals surface area contributed by atoms with Crippen LogP contribution in [-0.2, 0) is 17.9 Å². The van der Waals surface area contributed by atoms with Crippen molar-refractivity contribution >= 4 is 17.7 Å². The van der Waals surface area contributed by atoms with E-state index in [4.69, 9.17) is 0 Å². The summed E-state index contributed by atoms with van der Waals surface area (Å²) in [4.78, 5) is 45.4. The Hall–Kier alpha value is -3.20. The first kappa shape index (κ1) is 24.5. The van der Waals surface area contributed by atoms with E-state index in [9.17, 15) is 14.4 Å². The number of hydrogen-bond donors (Lipinski definition) is 1. The van der Waals surface area contributed by atoms with Crippen molar-refractivity contribution < 1.29 is 14.4 Å². The van der Waals surface area contributed by atoms with Crippen molar-refractivity contribution in [2.45, 2.75) is 63.7 Å². The van der Waals surface area contributed by atoms with Crippen molar-refractivity contribution in [3.63, 3.8) is 0 Å². The number of nitrogens with zero attached hydrogens (tertiary/aromatic N) is 5. The fourth-order valence-corrected chi connectivity index (χ4v) is 5.53. The van der Waals surface area contributed by atoms with Crippen LogP contribution in [0.1, 0.15) is 65.6 Å². The molecule has 0 bridgehead atoms. The van der Waals surface area contributed by atoms with Crippen molar-refractivity contribution in [2.75, 3.05) is 33.2 Å². The van der Waals surface area contributed by atoms with Crippen molar-refractivity contribution in [3.8, 4) is 0 Å². The highest BCUT2D eigenvalue weighted by atomic mass is 16.2. The minimum Gasteiger partial charge on any atom is -0.351 e. The fraction of sp³-hybridized carbons (Fsp3) is 0.556. The Morgan fingerprint density at radius 2 is 1.75 bits per heavy atom. The zero-order valence-corrected chi connectivity index (χ0v) is 21.3. The molecule has 9 nitrogen and oxygen atoms in total. The summed E-state index contributed by atoms with van der Waals surface area (Å²) in [5.74, 6) is -0.615. The Morgan fingerprint density at radius 3 is 2.44 bits per heavy atom. The summed E-state index contributed by atoms with van der Waals surface area (Å²) in [6, 6.07) is 12.1. The van der Waals surface area contributed by atoms with Crippen LogP contribution in [0, 0.1) is 0 Å². The average Bonchev–Trinajstić information content (AvgIpc) is 3.32. The second-order valence-corrected chi connectivity index (χ2v) is 10.6. The summed E-state index contributed by atoms with van der Waals surface area (Å²) in [7, 11) is 1.66. The molecule has 0 unspecified atom stereocenters. The number of amides is 3. The molecule has 1 saturated heterocycles. The van der Waals surface area contributed by atoms with Crippen molar-refractivity contribution in [1.29, 1.82) is 0 Å². The molecule has 1 atom stereocenters. The molecule has 1 aliphatic carbocycles.